The van der Waals surface area contributed by atoms with Crippen molar-refractivity contribution in [2.24, 2.45) is 16.2 Å². The lowest BCUT2D eigenvalue weighted by Crippen LogP contribution is -2.12. The molecule has 2 nitrogen and oxygen atoms in total. The Kier molecular flexibility index (Phi) is 5.78. The summed E-state index contributed by atoms with van der Waals surface area (Å²) in [5.74, 6) is 0. The number of hydrogen-bond donors (Lipinski definition) is 0. The lowest BCUT2D eigenvalue weighted by molar-refractivity contribution is 0.411. The molecular weight excluding hydrogens is 508 g/mol. The fourth-order valence-electron chi connectivity index (χ4n) is 7.44. The van der Waals surface area contributed by atoms with Gasteiger partial charge in [0.2, 0.25) is 0 Å². The van der Waals surface area contributed by atoms with Crippen LogP contribution in [0.2, 0.25) is 0 Å². The SMILES string of the molecule is CC(C)(C)Cc1ccc2c(CC(C)(C)C)c3c(cc2c1)c1nccc2cc(CC(C)(C)C)c4c5ccccc5n3c4c21. The Morgan fingerprint density at radius 1 is 0.595 bits per heavy atom. The highest BCUT2D eigenvalue weighted by molar-refractivity contribution is 6.29. The monoisotopic (exact) mass is 552 g/mol. The number of aromatic nitrogens is 2. The van der Waals surface area contributed by atoms with Gasteiger partial charge in [-0.3, -0.25) is 4.98 Å². The summed E-state index contributed by atoms with van der Waals surface area (Å²) in [5.41, 5.74) is 9.91. The van der Waals surface area contributed by atoms with Gasteiger partial charge in [0.15, 0.2) is 0 Å². The van der Waals surface area contributed by atoms with E-state index in [1.165, 1.54) is 70.9 Å². The molecule has 214 valence electrons. The Balaban J connectivity index is 1.75. The first-order valence-electron chi connectivity index (χ1n) is 15.6. The molecular formula is C40H44N2. The van der Waals surface area contributed by atoms with Crippen LogP contribution in [-0.2, 0) is 19.3 Å². The van der Waals surface area contributed by atoms with Gasteiger partial charge in [0.05, 0.1) is 22.1 Å². The first-order chi connectivity index (χ1) is 19.7. The molecule has 0 unspecified atom stereocenters. The summed E-state index contributed by atoms with van der Waals surface area (Å²) in [6.45, 7) is 21.1. The molecule has 0 aliphatic heterocycles. The second kappa shape index (κ2) is 8.93. The first kappa shape index (κ1) is 27.2. The maximum Gasteiger partial charge on any atom is 0.0823 e. The summed E-state index contributed by atoms with van der Waals surface area (Å²) >= 11 is 0. The van der Waals surface area contributed by atoms with Gasteiger partial charge in [-0.05, 0) is 86.6 Å². The molecule has 0 atom stereocenters. The van der Waals surface area contributed by atoms with Crippen molar-refractivity contribution in [3.05, 3.63) is 83.6 Å². The van der Waals surface area contributed by atoms with Crippen LogP contribution in [0.15, 0.2) is 66.9 Å². The molecule has 42 heavy (non-hydrogen) atoms. The van der Waals surface area contributed by atoms with Gasteiger partial charge in [-0.15, -0.1) is 0 Å². The van der Waals surface area contributed by atoms with Gasteiger partial charge in [0, 0.05) is 27.7 Å². The summed E-state index contributed by atoms with van der Waals surface area (Å²) in [6, 6.07) is 23.4. The average Bonchev–Trinajstić information content (AvgIpc) is 3.21. The molecule has 0 amide bonds. The molecule has 4 aromatic carbocycles. The number of para-hydroxylation sites is 1. The highest BCUT2D eigenvalue weighted by Gasteiger charge is 2.26. The highest BCUT2D eigenvalue weighted by Crippen LogP contribution is 2.46. The fraction of sp³-hybridized carbons (Fsp3) is 0.375. The maximum absolute atomic E-state index is 5.15. The van der Waals surface area contributed by atoms with Crippen LogP contribution in [0.3, 0.4) is 0 Å². The van der Waals surface area contributed by atoms with Gasteiger partial charge in [-0.1, -0.05) is 105 Å². The number of pyridine rings is 2. The standard InChI is InChI=1S/C40H44N2/c1-38(2,3)21-24-14-15-28-26(18-24)20-30-35-34-25(16-17-41-35)19-27(22-39(4,5)6)33-29-12-10-11-13-32(29)42(37(33)34)36(30)31(28)23-40(7,8)9/h10-20H,21-23H2,1-9H3. The van der Waals surface area contributed by atoms with Crippen molar-refractivity contribution in [1.29, 1.82) is 0 Å². The molecule has 0 saturated heterocycles. The number of hydrogen-bond acceptors (Lipinski definition) is 1. The molecule has 0 spiro atoms. The minimum Gasteiger partial charge on any atom is -0.308 e. The smallest absolute Gasteiger partial charge is 0.0823 e. The van der Waals surface area contributed by atoms with E-state index < -0.39 is 0 Å². The Hall–Kier alpha value is -3.65. The van der Waals surface area contributed by atoms with Gasteiger partial charge < -0.3 is 4.40 Å². The summed E-state index contributed by atoms with van der Waals surface area (Å²) < 4.78 is 2.62. The molecule has 7 aromatic rings. The normalized spacial score (nSPS) is 13.6. The van der Waals surface area contributed by atoms with Crippen LogP contribution in [0.1, 0.15) is 79.0 Å². The van der Waals surface area contributed by atoms with Gasteiger partial charge in [0.25, 0.3) is 0 Å². The summed E-state index contributed by atoms with van der Waals surface area (Å²) in [6.07, 6.45) is 5.11. The maximum atomic E-state index is 5.15. The predicted molar refractivity (Wildman–Crippen MR) is 183 cm³/mol. The molecule has 3 aromatic heterocycles. The van der Waals surface area contributed by atoms with Crippen molar-refractivity contribution in [3.8, 4) is 0 Å². The largest absolute Gasteiger partial charge is 0.308 e. The average molecular weight is 553 g/mol. The van der Waals surface area contributed by atoms with E-state index in [0.717, 1.165) is 24.8 Å². The van der Waals surface area contributed by atoms with Crippen molar-refractivity contribution in [1.82, 2.24) is 9.38 Å². The van der Waals surface area contributed by atoms with E-state index in [2.05, 4.69) is 127 Å². The molecule has 0 saturated carbocycles. The van der Waals surface area contributed by atoms with Crippen LogP contribution in [-0.4, -0.2) is 9.38 Å². The Bertz CT molecular complexity index is 2150. The number of rotatable bonds is 3. The lowest BCUT2D eigenvalue weighted by atomic mass is 9.82. The van der Waals surface area contributed by atoms with Gasteiger partial charge in [-0.25, -0.2) is 0 Å². The van der Waals surface area contributed by atoms with Crippen molar-refractivity contribution < 1.29 is 0 Å². The van der Waals surface area contributed by atoms with Gasteiger partial charge >= 0.3 is 0 Å². The Morgan fingerprint density at radius 3 is 2.02 bits per heavy atom. The molecule has 0 aliphatic carbocycles. The first-order valence-corrected chi connectivity index (χ1v) is 15.6. The number of nitrogens with zero attached hydrogens (tertiary/aromatic N) is 2. The zero-order valence-corrected chi connectivity index (χ0v) is 26.9. The summed E-state index contributed by atoms with van der Waals surface area (Å²) in [7, 11) is 0. The van der Waals surface area contributed by atoms with Crippen molar-refractivity contribution in [3.63, 3.8) is 0 Å². The predicted octanol–water partition coefficient (Wildman–Crippen LogP) is 11.3. The number of benzene rings is 4. The van der Waals surface area contributed by atoms with Crippen LogP contribution in [0, 0.1) is 16.2 Å². The molecule has 0 N–H and O–H groups in total. The Labute approximate surface area is 250 Å². The van der Waals surface area contributed by atoms with E-state index in [-0.39, 0.29) is 16.2 Å². The van der Waals surface area contributed by atoms with Crippen LogP contribution in [0.4, 0.5) is 0 Å². The second-order valence-corrected chi connectivity index (χ2v) is 16.4. The highest BCUT2D eigenvalue weighted by atomic mass is 14.9. The van der Waals surface area contributed by atoms with Crippen LogP contribution < -0.4 is 0 Å². The van der Waals surface area contributed by atoms with Crippen LogP contribution in [0.5, 0.6) is 0 Å². The van der Waals surface area contributed by atoms with E-state index in [1.807, 2.05) is 6.20 Å². The van der Waals surface area contributed by atoms with Gasteiger partial charge in [0.1, 0.15) is 0 Å². The topological polar surface area (TPSA) is 17.3 Å². The molecule has 2 heteroatoms. The molecule has 3 heterocycles. The minimum absolute atomic E-state index is 0.127. The van der Waals surface area contributed by atoms with Crippen LogP contribution >= 0.6 is 0 Å². The zero-order valence-electron chi connectivity index (χ0n) is 26.9. The van der Waals surface area contributed by atoms with Crippen molar-refractivity contribution in [2.45, 2.75) is 81.6 Å². The summed E-state index contributed by atoms with van der Waals surface area (Å²) in [5, 5.41) is 9.29. The molecule has 0 aliphatic rings. The molecule has 0 fully saturated rings. The third kappa shape index (κ3) is 4.42. The molecule has 0 bridgehead atoms. The van der Waals surface area contributed by atoms with Crippen molar-refractivity contribution in [2.75, 3.05) is 0 Å². The van der Waals surface area contributed by atoms with E-state index >= 15 is 0 Å². The molecule has 7 rings (SSSR count). The van der Waals surface area contributed by atoms with E-state index in [0.29, 0.717) is 0 Å². The third-order valence-corrected chi connectivity index (χ3v) is 8.67. The third-order valence-electron chi connectivity index (χ3n) is 8.67. The van der Waals surface area contributed by atoms with Gasteiger partial charge in [-0.2, -0.15) is 0 Å². The fourth-order valence-corrected chi connectivity index (χ4v) is 7.44. The lowest BCUT2D eigenvalue weighted by Gasteiger charge is -2.24. The number of fused-ring (bicyclic) bond motifs is 7. The zero-order chi connectivity index (χ0) is 29.8. The summed E-state index contributed by atoms with van der Waals surface area (Å²) in [4.78, 5) is 5.15. The minimum atomic E-state index is 0.127. The quantitative estimate of drug-likeness (QED) is 0.157. The second-order valence-electron chi connectivity index (χ2n) is 16.4. The van der Waals surface area contributed by atoms with E-state index in [4.69, 9.17) is 4.98 Å². The van der Waals surface area contributed by atoms with Crippen molar-refractivity contribution >= 4 is 59.8 Å². The van der Waals surface area contributed by atoms with E-state index in [1.54, 1.807) is 0 Å². The Morgan fingerprint density at radius 2 is 1.31 bits per heavy atom. The molecule has 0 radical (unpaired) electrons. The van der Waals surface area contributed by atoms with E-state index in [9.17, 15) is 0 Å². The van der Waals surface area contributed by atoms with Crippen LogP contribution in [0.25, 0.3) is 59.8 Å².